The predicted molar refractivity (Wildman–Crippen MR) is 147 cm³/mol. The topological polar surface area (TPSA) is 73.8 Å². The molecule has 2 aliphatic rings. The molecular formula is C23H48O8Si4. The van der Waals surface area contributed by atoms with Gasteiger partial charge in [-0.25, -0.2) is 0 Å². The van der Waals surface area contributed by atoms with Crippen LogP contribution < -0.4 is 0 Å². The minimum Gasteiger partial charge on any atom is -0.420 e. The van der Waals surface area contributed by atoms with Gasteiger partial charge in [0.25, 0.3) is 0 Å². The summed E-state index contributed by atoms with van der Waals surface area (Å²) in [6, 6.07) is 0. The Balaban J connectivity index is 2.13. The molecule has 8 nitrogen and oxygen atoms in total. The van der Waals surface area contributed by atoms with Crippen LogP contribution in [0.2, 0.25) is 35.5 Å². The molecule has 0 heterocycles. The molecule has 0 aromatic heterocycles. The molecule has 0 spiro atoms. The number of rotatable bonds is 16. The molecule has 0 aromatic carbocycles. The summed E-state index contributed by atoms with van der Waals surface area (Å²) in [5.41, 5.74) is 3.63. The van der Waals surface area contributed by atoms with Crippen LogP contribution in [0.25, 0.3) is 0 Å². The third-order valence-electron chi connectivity index (χ3n) is 8.23. The van der Waals surface area contributed by atoms with E-state index in [9.17, 15) is 0 Å². The second-order valence-electron chi connectivity index (χ2n) is 10.0. The molecule has 204 valence electrons. The Labute approximate surface area is 217 Å². The van der Waals surface area contributed by atoms with E-state index in [1.807, 2.05) is 7.11 Å². The number of allylic oxidation sites excluding steroid dienone is 3. The SMILES string of the molecule is CO[Si](C[Si](C)(OC)C1C=C(CO[Si](C[Si](C)(OC)C2CC=CCC2)(OC)OC)CC1)(OC)OC. The lowest BCUT2D eigenvalue weighted by molar-refractivity contribution is 0.110. The molecule has 12 heteroatoms. The highest BCUT2D eigenvalue weighted by Crippen LogP contribution is 2.43. The van der Waals surface area contributed by atoms with Crippen LogP contribution in [0.15, 0.2) is 23.8 Å². The van der Waals surface area contributed by atoms with Gasteiger partial charge < -0.3 is 35.4 Å². The number of hydrogen-bond acceptors (Lipinski definition) is 8. The molecule has 2 aliphatic carbocycles. The first kappa shape index (κ1) is 31.2. The van der Waals surface area contributed by atoms with Crippen LogP contribution in [0.5, 0.6) is 0 Å². The van der Waals surface area contributed by atoms with Crippen LogP contribution in [0, 0.1) is 0 Å². The van der Waals surface area contributed by atoms with Crippen LogP contribution in [0.3, 0.4) is 0 Å². The monoisotopic (exact) mass is 564 g/mol. The standard InChI is InChI=1S/C23H48O8Si4/c1-24-32(8,22-13-11-10-12-14-22)20-35(29-6,30-7)31-18-21-15-16-23(17-21)33(9,25-2)19-34(26-3,27-4)28-5/h10-11,17,22-23H,12-16,18-20H2,1-9H3. The van der Waals surface area contributed by atoms with Crippen molar-refractivity contribution in [2.75, 3.05) is 56.4 Å². The van der Waals surface area contributed by atoms with Gasteiger partial charge in [-0.3, -0.25) is 0 Å². The van der Waals surface area contributed by atoms with E-state index >= 15 is 0 Å². The maximum atomic E-state index is 6.53. The Hall–Kier alpha value is 0.0275. The van der Waals surface area contributed by atoms with E-state index in [-0.39, 0.29) is 0 Å². The summed E-state index contributed by atoms with van der Waals surface area (Å²) in [4.78, 5) is 0. The van der Waals surface area contributed by atoms with Gasteiger partial charge in [-0.2, -0.15) is 0 Å². The summed E-state index contributed by atoms with van der Waals surface area (Å²) in [5.74, 6) is 0. The molecule has 0 amide bonds. The first-order chi connectivity index (χ1) is 16.6. The highest BCUT2D eigenvalue weighted by Gasteiger charge is 2.53. The van der Waals surface area contributed by atoms with Crippen LogP contribution in [0.1, 0.15) is 32.1 Å². The van der Waals surface area contributed by atoms with Crippen molar-refractivity contribution in [3.05, 3.63) is 23.8 Å². The maximum Gasteiger partial charge on any atom is 0.500 e. The molecule has 0 radical (unpaired) electrons. The summed E-state index contributed by atoms with van der Waals surface area (Å²) in [6.45, 7) is 5.06. The average molecular weight is 565 g/mol. The van der Waals surface area contributed by atoms with E-state index in [1.54, 1.807) is 42.7 Å². The molecule has 0 bridgehead atoms. The molecule has 4 unspecified atom stereocenters. The van der Waals surface area contributed by atoms with E-state index in [1.165, 1.54) is 5.57 Å². The molecule has 0 fully saturated rings. The van der Waals surface area contributed by atoms with E-state index in [0.29, 0.717) is 23.4 Å². The summed E-state index contributed by atoms with van der Waals surface area (Å²) in [7, 11) is 2.13. The van der Waals surface area contributed by atoms with Gasteiger partial charge in [0.05, 0.1) is 6.61 Å². The molecule has 2 rings (SSSR count). The largest absolute Gasteiger partial charge is 0.500 e. The third-order valence-corrected chi connectivity index (χ3v) is 27.1. The van der Waals surface area contributed by atoms with Crippen LogP contribution in [-0.2, 0) is 35.4 Å². The van der Waals surface area contributed by atoms with Crippen LogP contribution in [0.4, 0.5) is 0 Å². The lowest BCUT2D eigenvalue weighted by Gasteiger charge is -2.39. The first-order valence-corrected chi connectivity index (χ1v) is 21.7. The first-order valence-electron chi connectivity index (χ1n) is 12.5. The average Bonchev–Trinajstić information content (AvgIpc) is 3.40. The lowest BCUT2D eigenvalue weighted by Crippen LogP contribution is -2.55. The van der Waals surface area contributed by atoms with Crippen molar-refractivity contribution in [2.24, 2.45) is 0 Å². The Morgan fingerprint density at radius 3 is 1.77 bits per heavy atom. The van der Waals surface area contributed by atoms with Crippen molar-refractivity contribution < 1.29 is 35.4 Å². The summed E-state index contributed by atoms with van der Waals surface area (Å²) < 4.78 is 48.0. The highest BCUT2D eigenvalue weighted by molar-refractivity contribution is 6.88. The molecule has 0 N–H and O–H groups in total. The summed E-state index contributed by atoms with van der Waals surface area (Å²) in [5, 5.41) is 0. The van der Waals surface area contributed by atoms with Gasteiger partial charge in [-0.05, 0) is 61.9 Å². The minimum atomic E-state index is -2.88. The van der Waals surface area contributed by atoms with Crippen molar-refractivity contribution in [3.63, 3.8) is 0 Å². The fourth-order valence-corrected chi connectivity index (χ4v) is 23.6. The van der Waals surface area contributed by atoms with Crippen molar-refractivity contribution in [2.45, 2.75) is 67.6 Å². The van der Waals surface area contributed by atoms with Crippen molar-refractivity contribution in [1.29, 1.82) is 0 Å². The normalized spacial score (nSPS) is 24.8. The molecule has 0 saturated carbocycles. The lowest BCUT2D eigenvalue weighted by atomic mass is 10.1. The zero-order valence-corrected chi connectivity index (χ0v) is 27.3. The molecule has 0 saturated heterocycles. The summed E-state index contributed by atoms with van der Waals surface area (Å²) in [6.07, 6.45) is 12.3. The van der Waals surface area contributed by atoms with E-state index in [4.69, 9.17) is 35.4 Å². The molecule has 0 aliphatic heterocycles. The van der Waals surface area contributed by atoms with E-state index < -0.39 is 34.2 Å². The van der Waals surface area contributed by atoms with Gasteiger partial charge in [-0.1, -0.05) is 18.2 Å². The predicted octanol–water partition coefficient (Wildman–Crippen LogP) is 4.84. The minimum absolute atomic E-state index is 0.340. The van der Waals surface area contributed by atoms with Gasteiger partial charge in [0.1, 0.15) is 0 Å². The molecule has 0 aromatic rings. The zero-order valence-electron chi connectivity index (χ0n) is 23.3. The van der Waals surface area contributed by atoms with E-state index in [0.717, 1.165) is 37.8 Å². The van der Waals surface area contributed by atoms with Gasteiger partial charge in [0.15, 0.2) is 16.6 Å². The van der Waals surface area contributed by atoms with Gasteiger partial charge in [-0.15, -0.1) is 0 Å². The second-order valence-corrected chi connectivity index (χ2v) is 25.5. The Kier molecular flexibility index (Phi) is 12.2. The molecule has 4 atom stereocenters. The second kappa shape index (κ2) is 13.7. The Morgan fingerprint density at radius 1 is 0.714 bits per heavy atom. The Bertz CT molecular complexity index is 707. The zero-order chi connectivity index (χ0) is 26.2. The van der Waals surface area contributed by atoms with Crippen LogP contribution in [-0.4, -0.2) is 90.6 Å². The summed E-state index contributed by atoms with van der Waals surface area (Å²) >= 11 is 0. The van der Waals surface area contributed by atoms with Crippen molar-refractivity contribution in [1.82, 2.24) is 0 Å². The molecule has 35 heavy (non-hydrogen) atoms. The smallest absolute Gasteiger partial charge is 0.420 e. The third kappa shape index (κ3) is 7.54. The van der Waals surface area contributed by atoms with Gasteiger partial charge >= 0.3 is 17.6 Å². The van der Waals surface area contributed by atoms with Gasteiger partial charge in [0.2, 0.25) is 0 Å². The van der Waals surface area contributed by atoms with Crippen molar-refractivity contribution in [3.8, 4) is 0 Å². The maximum absolute atomic E-state index is 6.53. The molecular weight excluding hydrogens is 517 g/mol. The fourth-order valence-electron chi connectivity index (χ4n) is 5.41. The quantitative estimate of drug-likeness (QED) is 0.195. The van der Waals surface area contributed by atoms with Gasteiger partial charge in [0, 0.05) is 61.1 Å². The number of hydrogen-bond donors (Lipinski definition) is 0. The van der Waals surface area contributed by atoms with Crippen molar-refractivity contribution >= 4 is 34.2 Å². The Morgan fingerprint density at radius 2 is 1.29 bits per heavy atom. The van der Waals surface area contributed by atoms with Crippen LogP contribution >= 0.6 is 0 Å². The van der Waals surface area contributed by atoms with E-state index in [2.05, 4.69) is 31.3 Å². The highest BCUT2D eigenvalue weighted by atomic mass is 28.4. The fraction of sp³-hybridized carbons (Fsp3) is 0.826.